The molecule has 0 spiro atoms. The molecule has 2 heterocycles. The normalized spacial score (nSPS) is 13.9. The number of nitrogens with one attached hydrogen (secondary N) is 1. The lowest BCUT2D eigenvalue weighted by molar-refractivity contribution is -0.134. The zero-order valence-corrected chi connectivity index (χ0v) is 22.6. The maximum atomic E-state index is 9.55. The number of rotatable bonds is 10. The predicted molar refractivity (Wildman–Crippen MR) is 151 cm³/mol. The standard InChI is InChI=1S/C22H26Cl2N4S.C4H4O4/c23-18-9-8-17(16-19(18)24)28-14-12-27(13-15-28)11-5-1-4-10-25-22-26-20-6-2-3-7-21(20)29-22;5-3(6)1-2-4(7)8/h2-3,6-9,16H,1,4-5,10-15H2,(H,25,26);1-2H,(H,5,6)(H,7,8)/b;2-1+. The number of halogens is 2. The van der Waals surface area contributed by atoms with Crippen LogP contribution in [0.2, 0.25) is 10.0 Å². The number of carboxylic acids is 2. The number of para-hydroxylation sites is 1. The number of thiazole rings is 1. The molecule has 0 bridgehead atoms. The summed E-state index contributed by atoms with van der Waals surface area (Å²) in [6.45, 7) is 6.45. The largest absolute Gasteiger partial charge is 0.478 e. The van der Waals surface area contributed by atoms with Crippen molar-refractivity contribution in [2.24, 2.45) is 0 Å². The molecule has 0 saturated carbocycles. The molecule has 1 aliphatic rings. The fourth-order valence-corrected chi connectivity index (χ4v) is 5.02. The second kappa shape index (κ2) is 14.8. The van der Waals surface area contributed by atoms with E-state index in [-0.39, 0.29) is 0 Å². The van der Waals surface area contributed by atoms with Crippen LogP contribution >= 0.6 is 34.5 Å². The van der Waals surface area contributed by atoms with Crippen LogP contribution in [0.3, 0.4) is 0 Å². The van der Waals surface area contributed by atoms with E-state index in [1.807, 2.05) is 18.2 Å². The Bertz CT molecular complexity index is 1160. The number of benzene rings is 2. The van der Waals surface area contributed by atoms with Gasteiger partial charge in [-0.3, -0.25) is 4.90 Å². The van der Waals surface area contributed by atoms with Crippen molar-refractivity contribution in [3.8, 4) is 0 Å². The monoisotopic (exact) mass is 564 g/mol. The Morgan fingerprint density at radius 1 is 0.946 bits per heavy atom. The molecule has 2 aromatic carbocycles. The van der Waals surface area contributed by atoms with Crippen molar-refractivity contribution < 1.29 is 19.8 Å². The highest BCUT2D eigenvalue weighted by Gasteiger charge is 2.17. The van der Waals surface area contributed by atoms with Crippen LogP contribution in [0.25, 0.3) is 10.2 Å². The van der Waals surface area contributed by atoms with Gasteiger partial charge in [-0.05, 0) is 49.7 Å². The molecular formula is C26H30Cl2N4O4S. The van der Waals surface area contributed by atoms with Crippen LogP contribution in [0.15, 0.2) is 54.6 Å². The molecule has 0 aliphatic carbocycles. The fourth-order valence-electron chi connectivity index (χ4n) is 3.83. The molecule has 1 fully saturated rings. The highest BCUT2D eigenvalue weighted by Crippen LogP contribution is 2.28. The van der Waals surface area contributed by atoms with E-state index in [1.54, 1.807) is 11.3 Å². The zero-order chi connectivity index (χ0) is 26.6. The number of hydrogen-bond acceptors (Lipinski definition) is 7. The quantitative estimate of drug-likeness (QED) is 0.212. The molecule has 1 aliphatic heterocycles. The summed E-state index contributed by atoms with van der Waals surface area (Å²) in [4.78, 5) is 28.7. The fraction of sp³-hybridized carbons (Fsp3) is 0.346. The first-order valence-electron chi connectivity index (χ1n) is 12.0. The number of carbonyl (C=O) groups is 2. The Balaban J connectivity index is 0.000000414. The number of aliphatic carboxylic acids is 2. The Hall–Kier alpha value is -2.85. The molecule has 1 aromatic heterocycles. The van der Waals surface area contributed by atoms with Crippen LogP contribution < -0.4 is 10.2 Å². The van der Waals surface area contributed by atoms with Crippen molar-refractivity contribution >= 4 is 67.5 Å². The van der Waals surface area contributed by atoms with E-state index in [0.29, 0.717) is 22.2 Å². The third-order valence-electron chi connectivity index (χ3n) is 5.73. The molecule has 0 radical (unpaired) electrons. The maximum absolute atomic E-state index is 9.55. The van der Waals surface area contributed by atoms with E-state index in [1.165, 1.54) is 36.2 Å². The number of carboxylic acid groups (broad SMARTS) is 2. The first kappa shape index (κ1) is 28.7. The van der Waals surface area contributed by atoms with E-state index < -0.39 is 11.9 Å². The van der Waals surface area contributed by atoms with Gasteiger partial charge in [0, 0.05) is 50.6 Å². The average molecular weight is 566 g/mol. The Morgan fingerprint density at radius 2 is 1.65 bits per heavy atom. The van der Waals surface area contributed by atoms with Crippen LogP contribution in [0.4, 0.5) is 10.8 Å². The molecule has 0 atom stereocenters. The SMILES string of the molecule is Clc1ccc(N2CCN(CCCCCNc3nc4ccccc4s3)CC2)cc1Cl.O=C(O)/C=C/C(=O)O. The van der Waals surface area contributed by atoms with E-state index in [2.05, 4.69) is 44.4 Å². The van der Waals surface area contributed by atoms with Gasteiger partial charge in [-0.25, -0.2) is 14.6 Å². The van der Waals surface area contributed by atoms with Gasteiger partial charge in [-0.2, -0.15) is 0 Å². The number of aromatic nitrogens is 1. The van der Waals surface area contributed by atoms with Crippen molar-refractivity contribution in [3.05, 3.63) is 64.7 Å². The summed E-state index contributed by atoms with van der Waals surface area (Å²) in [7, 11) is 0. The molecule has 11 heteroatoms. The summed E-state index contributed by atoms with van der Waals surface area (Å²) in [6.07, 6.45) is 4.78. The minimum Gasteiger partial charge on any atom is -0.478 e. The van der Waals surface area contributed by atoms with Gasteiger partial charge < -0.3 is 20.4 Å². The van der Waals surface area contributed by atoms with Crippen molar-refractivity contribution in [3.63, 3.8) is 0 Å². The zero-order valence-electron chi connectivity index (χ0n) is 20.3. The Labute approximate surface area is 230 Å². The molecule has 3 N–H and O–H groups in total. The lowest BCUT2D eigenvalue weighted by atomic mass is 10.2. The number of nitrogens with zero attached hydrogens (tertiary/aromatic N) is 3. The number of anilines is 2. The lowest BCUT2D eigenvalue weighted by Crippen LogP contribution is -2.46. The smallest absolute Gasteiger partial charge is 0.328 e. The summed E-state index contributed by atoms with van der Waals surface area (Å²) in [5.41, 5.74) is 2.25. The van der Waals surface area contributed by atoms with Gasteiger partial charge in [0.25, 0.3) is 0 Å². The third kappa shape index (κ3) is 9.85. The summed E-state index contributed by atoms with van der Waals surface area (Å²) < 4.78 is 1.25. The molecule has 3 aromatic rings. The molecule has 8 nitrogen and oxygen atoms in total. The molecular weight excluding hydrogens is 535 g/mol. The van der Waals surface area contributed by atoms with Gasteiger partial charge in [0.05, 0.1) is 20.3 Å². The number of fused-ring (bicyclic) bond motifs is 1. The van der Waals surface area contributed by atoms with E-state index in [0.717, 1.165) is 43.4 Å². The summed E-state index contributed by atoms with van der Waals surface area (Å²) in [6, 6.07) is 14.2. The van der Waals surface area contributed by atoms with Crippen molar-refractivity contribution in [2.75, 3.05) is 49.5 Å². The molecule has 4 rings (SSSR count). The van der Waals surface area contributed by atoms with E-state index in [9.17, 15) is 9.59 Å². The second-order valence-electron chi connectivity index (χ2n) is 8.41. The van der Waals surface area contributed by atoms with Crippen LogP contribution in [-0.4, -0.2) is 71.3 Å². The molecule has 37 heavy (non-hydrogen) atoms. The molecule has 1 saturated heterocycles. The Morgan fingerprint density at radius 3 is 2.30 bits per heavy atom. The van der Waals surface area contributed by atoms with Gasteiger partial charge in [0.15, 0.2) is 5.13 Å². The third-order valence-corrected chi connectivity index (χ3v) is 7.46. The van der Waals surface area contributed by atoms with Gasteiger partial charge in [0.1, 0.15) is 0 Å². The summed E-state index contributed by atoms with van der Waals surface area (Å²) >= 11 is 13.9. The second-order valence-corrected chi connectivity index (χ2v) is 10.3. The predicted octanol–water partition coefficient (Wildman–Crippen LogP) is 5.72. The summed E-state index contributed by atoms with van der Waals surface area (Å²) in [5.74, 6) is -2.51. The highest BCUT2D eigenvalue weighted by molar-refractivity contribution is 7.22. The molecule has 0 unspecified atom stereocenters. The molecule has 0 amide bonds. The van der Waals surface area contributed by atoms with Gasteiger partial charge in [-0.1, -0.05) is 53.1 Å². The number of hydrogen-bond donors (Lipinski definition) is 3. The van der Waals surface area contributed by atoms with Crippen molar-refractivity contribution in [1.29, 1.82) is 0 Å². The first-order valence-corrected chi connectivity index (χ1v) is 13.5. The van der Waals surface area contributed by atoms with Crippen molar-refractivity contribution in [2.45, 2.75) is 19.3 Å². The highest BCUT2D eigenvalue weighted by atomic mass is 35.5. The average Bonchev–Trinajstić information content (AvgIpc) is 3.30. The van der Waals surface area contributed by atoms with Crippen LogP contribution in [0.5, 0.6) is 0 Å². The summed E-state index contributed by atoms with van der Waals surface area (Å²) in [5, 5.41) is 21.4. The first-order chi connectivity index (χ1) is 17.8. The van der Waals surface area contributed by atoms with E-state index in [4.69, 9.17) is 33.4 Å². The Kier molecular flexibility index (Phi) is 11.5. The van der Waals surface area contributed by atoms with Crippen LogP contribution in [0, 0.1) is 0 Å². The number of unbranched alkanes of at least 4 members (excludes halogenated alkanes) is 2. The van der Waals surface area contributed by atoms with Gasteiger partial charge in [-0.15, -0.1) is 0 Å². The minimum absolute atomic E-state index is 0.558. The number of piperazine rings is 1. The maximum Gasteiger partial charge on any atom is 0.328 e. The molecule has 198 valence electrons. The lowest BCUT2D eigenvalue weighted by Gasteiger charge is -2.36. The van der Waals surface area contributed by atoms with Crippen LogP contribution in [0.1, 0.15) is 19.3 Å². The topological polar surface area (TPSA) is 106 Å². The minimum atomic E-state index is -1.26. The van der Waals surface area contributed by atoms with Crippen LogP contribution in [-0.2, 0) is 9.59 Å². The van der Waals surface area contributed by atoms with Gasteiger partial charge in [0.2, 0.25) is 0 Å². The van der Waals surface area contributed by atoms with Crippen molar-refractivity contribution in [1.82, 2.24) is 9.88 Å². The van der Waals surface area contributed by atoms with E-state index >= 15 is 0 Å². The van der Waals surface area contributed by atoms with Gasteiger partial charge >= 0.3 is 11.9 Å².